The molecule has 2 unspecified atom stereocenters. The second-order valence-corrected chi connectivity index (χ2v) is 5.29. The van der Waals surface area contributed by atoms with E-state index in [1.807, 2.05) is 0 Å². The molecule has 2 saturated heterocycles. The number of carbonyl (C=O) groups is 1. The van der Waals surface area contributed by atoms with E-state index in [9.17, 15) is 4.79 Å². The van der Waals surface area contributed by atoms with Gasteiger partial charge in [-0.2, -0.15) is 0 Å². The van der Waals surface area contributed by atoms with Gasteiger partial charge in [-0.15, -0.1) is 0 Å². The van der Waals surface area contributed by atoms with Crippen LogP contribution in [0, 0.1) is 0 Å². The summed E-state index contributed by atoms with van der Waals surface area (Å²) >= 11 is 0. The Hall–Kier alpha value is -0.730. The zero-order valence-corrected chi connectivity index (χ0v) is 12.5. The molecule has 0 amide bonds. The smallest absolute Gasteiger partial charge is 0.337 e. The van der Waals surface area contributed by atoms with Gasteiger partial charge in [0.1, 0.15) is 6.10 Å². The lowest BCUT2D eigenvalue weighted by atomic mass is 10.4. The van der Waals surface area contributed by atoms with Crippen molar-refractivity contribution in [3.63, 3.8) is 0 Å². The first kappa shape index (κ1) is 14.2. The molecule has 2 heterocycles. The molecule has 1 N–H and O–H groups in total. The summed E-state index contributed by atoms with van der Waals surface area (Å²) in [5, 5.41) is 8.88. The third-order valence-electron chi connectivity index (χ3n) is 2.62. The van der Waals surface area contributed by atoms with Crippen molar-refractivity contribution in [3.8, 4) is 0 Å². The van der Waals surface area contributed by atoms with Crippen LogP contribution < -0.4 is 0 Å². The predicted octanol–water partition coefficient (Wildman–Crippen LogP) is 0.441. The molecule has 2 rings (SSSR count). The van der Waals surface area contributed by atoms with Crippen LogP contribution in [-0.4, -0.2) is 61.7 Å². The molecule has 0 aromatic heterocycles. The van der Waals surface area contributed by atoms with E-state index >= 15 is 0 Å². The Morgan fingerprint density at radius 2 is 1.80 bits per heavy atom. The molecule has 0 aliphatic carbocycles. The molecule has 0 saturated carbocycles. The van der Waals surface area contributed by atoms with Gasteiger partial charge < -0.3 is 28.8 Å². The number of hydrogen-bond acceptors (Lipinski definition) is 7. The van der Waals surface area contributed by atoms with Crippen LogP contribution in [0.1, 0.15) is 30.4 Å². The first-order valence-corrected chi connectivity index (χ1v) is 6.30. The number of carbonyl (C=O) groups excluding carboxylic acids is 1. The van der Waals surface area contributed by atoms with Crippen molar-refractivity contribution in [1.29, 1.82) is 0 Å². The second kappa shape index (κ2) is 6.82. The van der Waals surface area contributed by atoms with Crippen LogP contribution in [0.5, 0.6) is 0 Å². The second-order valence-electron chi connectivity index (χ2n) is 5.29. The first-order valence-electron chi connectivity index (χ1n) is 7.30. The Labute approximate surface area is 121 Å². The number of methoxy groups -OCH3 is 1. The highest BCUT2D eigenvalue weighted by atomic mass is 16.8. The van der Waals surface area contributed by atoms with Crippen molar-refractivity contribution in [3.05, 3.63) is 0 Å². The molecule has 2 aliphatic heterocycles. The zero-order chi connectivity index (χ0) is 17.2. The van der Waals surface area contributed by atoms with Crippen molar-refractivity contribution in [2.24, 2.45) is 0 Å². The predicted molar refractivity (Wildman–Crippen MR) is 68.9 cm³/mol. The Morgan fingerprint density at radius 3 is 2.10 bits per heavy atom. The molecule has 7 heteroatoms. The monoisotopic (exact) mass is 294 g/mol. The van der Waals surface area contributed by atoms with Gasteiger partial charge in [0.2, 0.25) is 0 Å². The van der Waals surface area contributed by atoms with E-state index in [1.54, 1.807) is 27.7 Å². The van der Waals surface area contributed by atoms with Gasteiger partial charge in [-0.3, -0.25) is 0 Å². The minimum atomic E-state index is -2.31. The number of ether oxygens (including phenoxy) is 5. The Balaban J connectivity index is 0.000000220. The summed E-state index contributed by atoms with van der Waals surface area (Å²) in [7, 11) is 1.33. The molecule has 0 spiro atoms. The highest BCUT2D eigenvalue weighted by molar-refractivity contribution is 5.74. The Bertz CT molecular complexity index is 392. The minimum Gasteiger partial charge on any atom is -0.467 e. The highest BCUT2D eigenvalue weighted by Gasteiger charge is 2.37. The van der Waals surface area contributed by atoms with Crippen LogP contribution in [0.2, 0.25) is 0 Å². The maximum Gasteiger partial charge on any atom is 0.337 e. The number of hydrogen-bond donors (Lipinski definition) is 1. The first-order chi connectivity index (χ1) is 9.86. The van der Waals surface area contributed by atoms with Crippen LogP contribution in [0.3, 0.4) is 0 Å². The third-order valence-corrected chi connectivity index (χ3v) is 2.62. The van der Waals surface area contributed by atoms with Crippen molar-refractivity contribution in [2.75, 3.05) is 26.9 Å². The molecule has 0 bridgehead atoms. The summed E-state index contributed by atoms with van der Waals surface area (Å²) < 4.78 is 38.8. The lowest BCUT2D eigenvalue weighted by Gasteiger charge is -2.15. The maximum atomic E-state index is 10.9. The lowest BCUT2D eigenvalue weighted by molar-refractivity contribution is -0.167. The largest absolute Gasteiger partial charge is 0.467 e. The van der Waals surface area contributed by atoms with Crippen molar-refractivity contribution < 1.29 is 36.3 Å². The summed E-state index contributed by atoms with van der Waals surface area (Å²) in [4.78, 5) is 10.9. The van der Waals surface area contributed by atoms with Crippen molar-refractivity contribution in [2.45, 2.75) is 51.5 Å². The Kier molecular flexibility index (Phi) is 4.85. The average molecular weight is 294 g/mol. The van der Waals surface area contributed by atoms with E-state index in [0.29, 0.717) is 0 Å². The van der Waals surface area contributed by atoms with E-state index in [1.165, 1.54) is 7.11 Å². The summed E-state index contributed by atoms with van der Waals surface area (Å²) in [6.45, 7) is 4.94. The normalized spacial score (nSPS) is 32.7. The van der Waals surface area contributed by atoms with Gasteiger partial charge in [0, 0.05) is 0 Å². The molecular weight excluding hydrogens is 268 g/mol. The summed E-state index contributed by atoms with van der Waals surface area (Å²) in [5.41, 5.74) is 0. The van der Waals surface area contributed by atoms with Crippen LogP contribution in [0.15, 0.2) is 0 Å². The van der Waals surface area contributed by atoms with E-state index in [-0.39, 0.29) is 19.2 Å². The SMILES string of the molecule is COC(=O)C1COC(C)(C)O1.[2H]C([2H])(O)C1COC(C)(C)O1. The fourth-order valence-corrected chi connectivity index (χ4v) is 1.69. The molecular formula is C13H24O7. The minimum absolute atomic E-state index is 0.0938. The highest BCUT2D eigenvalue weighted by Crippen LogP contribution is 2.22. The van der Waals surface area contributed by atoms with E-state index in [4.69, 9.17) is 26.8 Å². The standard InChI is InChI=1S/C7H12O4.C6H12O3/c1-7(2)10-4-5(11-7)6(8)9-3;1-6(2)8-4-5(3-7)9-6/h5H,4H2,1-3H3;5,7H,3-4H2,1-2H3/i;3D2. The van der Waals surface area contributed by atoms with Gasteiger partial charge in [0.15, 0.2) is 17.7 Å². The van der Waals surface area contributed by atoms with Crippen molar-refractivity contribution in [1.82, 2.24) is 0 Å². The van der Waals surface area contributed by atoms with Gasteiger partial charge in [0.05, 0.1) is 29.6 Å². The van der Waals surface area contributed by atoms with E-state index < -0.39 is 30.3 Å². The summed E-state index contributed by atoms with van der Waals surface area (Å²) in [6, 6.07) is 0. The number of esters is 1. The number of aliphatic hydroxyl groups is 1. The third kappa shape index (κ3) is 5.34. The summed E-state index contributed by atoms with van der Waals surface area (Å²) in [6.07, 6.45) is -1.44. The maximum absolute atomic E-state index is 10.9. The molecule has 0 aromatic rings. The lowest BCUT2D eigenvalue weighted by Crippen LogP contribution is -2.27. The molecule has 118 valence electrons. The van der Waals surface area contributed by atoms with Crippen LogP contribution in [0.4, 0.5) is 0 Å². The van der Waals surface area contributed by atoms with Crippen LogP contribution in [-0.2, 0) is 28.5 Å². The number of rotatable bonds is 2. The van der Waals surface area contributed by atoms with Crippen LogP contribution >= 0.6 is 0 Å². The van der Waals surface area contributed by atoms with Gasteiger partial charge in [-0.05, 0) is 27.7 Å². The van der Waals surface area contributed by atoms with Gasteiger partial charge in [-0.1, -0.05) is 0 Å². The molecule has 20 heavy (non-hydrogen) atoms. The molecule has 0 radical (unpaired) electrons. The van der Waals surface area contributed by atoms with E-state index in [2.05, 4.69) is 4.74 Å². The van der Waals surface area contributed by atoms with Gasteiger partial charge >= 0.3 is 5.97 Å². The summed E-state index contributed by atoms with van der Waals surface area (Å²) in [5.74, 6) is -1.81. The quantitative estimate of drug-likeness (QED) is 0.740. The van der Waals surface area contributed by atoms with Crippen LogP contribution in [0.25, 0.3) is 0 Å². The Morgan fingerprint density at radius 1 is 1.25 bits per heavy atom. The fraction of sp³-hybridized carbons (Fsp3) is 0.923. The molecule has 2 atom stereocenters. The molecule has 2 fully saturated rings. The van der Waals surface area contributed by atoms with Gasteiger partial charge in [-0.25, -0.2) is 4.79 Å². The zero-order valence-electron chi connectivity index (χ0n) is 14.5. The average Bonchev–Trinajstić information content (AvgIpc) is 2.91. The van der Waals surface area contributed by atoms with Crippen molar-refractivity contribution >= 4 is 5.97 Å². The fourth-order valence-electron chi connectivity index (χ4n) is 1.69. The molecule has 7 nitrogen and oxygen atoms in total. The molecule has 2 aliphatic rings. The topological polar surface area (TPSA) is 83.5 Å². The van der Waals surface area contributed by atoms with E-state index in [0.717, 1.165) is 0 Å². The molecule has 0 aromatic carbocycles. The van der Waals surface area contributed by atoms with Gasteiger partial charge in [0.25, 0.3) is 0 Å².